The highest BCUT2D eigenvalue weighted by Gasteiger charge is 2.25. The van der Waals surface area contributed by atoms with Gasteiger partial charge in [0.15, 0.2) is 5.82 Å². The van der Waals surface area contributed by atoms with Crippen LogP contribution < -0.4 is 5.32 Å². The maximum Gasteiger partial charge on any atom is 0.152 e. The Morgan fingerprint density at radius 2 is 2.00 bits per heavy atom. The molecule has 4 rings (SSSR count). The highest BCUT2D eigenvalue weighted by Crippen LogP contribution is 2.37. The van der Waals surface area contributed by atoms with Crippen LogP contribution in [0.25, 0.3) is 11.3 Å². The lowest BCUT2D eigenvalue weighted by molar-refractivity contribution is 0.260. The zero-order chi connectivity index (χ0) is 17.4. The first-order chi connectivity index (χ1) is 12.1. The van der Waals surface area contributed by atoms with Gasteiger partial charge in [-0.1, -0.05) is 6.07 Å². The van der Waals surface area contributed by atoms with Crippen molar-refractivity contribution in [2.75, 3.05) is 25.5 Å². The van der Waals surface area contributed by atoms with Crippen molar-refractivity contribution in [3.8, 4) is 17.0 Å². The number of likely N-dealkylation sites (tertiary alicyclic amines) is 1. The first kappa shape index (κ1) is 16.3. The molecular formula is C20H26N4O. The number of benzene rings is 1. The molecular weight excluding hydrogens is 312 g/mol. The third-order valence-electron chi connectivity index (χ3n) is 5.41. The number of anilines is 1. The number of rotatable bonds is 3. The molecule has 2 heterocycles. The zero-order valence-electron chi connectivity index (χ0n) is 15.0. The van der Waals surface area contributed by atoms with Gasteiger partial charge in [0.2, 0.25) is 0 Å². The van der Waals surface area contributed by atoms with Crippen molar-refractivity contribution < 1.29 is 5.11 Å². The Hall–Kier alpha value is -2.14. The van der Waals surface area contributed by atoms with Crippen molar-refractivity contribution in [1.82, 2.24) is 15.1 Å². The summed E-state index contributed by atoms with van der Waals surface area (Å²) in [4.78, 5) is 2.37. The molecule has 1 aliphatic carbocycles. The molecule has 25 heavy (non-hydrogen) atoms. The van der Waals surface area contributed by atoms with Crippen molar-refractivity contribution in [2.24, 2.45) is 0 Å². The summed E-state index contributed by atoms with van der Waals surface area (Å²) < 4.78 is 0. The summed E-state index contributed by atoms with van der Waals surface area (Å²) in [6.07, 6.45) is 5.57. The molecule has 1 aromatic heterocycles. The van der Waals surface area contributed by atoms with E-state index >= 15 is 0 Å². The fourth-order valence-corrected chi connectivity index (χ4v) is 4.14. The fourth-order valence-electron chi connectivity index (χ4n) is 4.14. The summed E-state index contributed by atoms with van der Waals surface area (Å²) >= 11 is 0. The van der Waals surface area contributed by atoms with Crippen LogP contribution in [0.3, 0.4) is 0 Å². The molecule has 1 unspecified atom stereocenters. The lowest BCUT2D eigenvalue weighted by Crippen LogP contribution is -2.40. The number of likely N-dealkylation sites (N-methyl/N-ethyl adjacent to an activating group) is 1. The number of hydrogen-bond acceptors (Lipinski definition) is 5. The number of fused-ring (bicyclic) bond motifs is 1. The number of piperidine rings is 1. The normalized spacial score (nSPS) is 20.5. The minimum absolute atomic E-state index is 0.290. The lowest BCUT2D eigenvalue weighted by Gasteiger charge is -2.31. The number of nitrogens with one attached hydrogen (secondary N) is 1. The average Bonchev–Trinajstić information content (AvgIpc) is 3.06. The number of phenols is 1. The second kappa shape index (κ2) is 6.64. The van der Waals surface area contributed by atoms with Gasteiger partial charge >= 0.3 is 0 Å². The summed E-state index contributed by atoms with van der Waals surface area (Å²) in [5.74, 6) is 1.24. The number of nitrogens with zero attached hydrogens (tertiary/aromatic N) is 3. The van der Waals surface area contributed by atoms with Gasteiger partial charge < -0.3 is 15.3 Å². The molecule has 0 spiro atoms. The van der Waals surface area contributed by atoms with Crippen LogP contribution in [0.2, 0.25) is 0 Å². The second-order valence-corrected chi connectivity index (χ2v) is 7.47. The first-order valence-electron chi connectivity index (χ1n) is 9.25. The third-order valence-corrected chi connectivity index (χ3v) is 5.41. The van der Waals surface area contributed by atoms with E-state index in [1.807, 2.05) is 19.1 Å². The van der Waals surface area contributed by atoms with Crippen LogP contribution in [0.1, 0.15) is 36.0 Å². The molecule has 5 heteroatoms. The molecule has 1 saturated heterocycles. The Morgan fingerprint density at radius 3 is 2.80 bits per heavy atom. The maximum absolute atomic E-state index is 10.3. The predicted molar refractivity (Wildman–Crippen MR) is 100 cm³/mol. The van der Waals surface area contributed by atoms with E-state index in [-0.39, 0.29) is 5.75 Å². The summed E-state index contributed by atoms with van der Waals surface area (Å²) in [5, 5.41) is 23.0. The topological polar surface area (TPSA) is 61.3 Å². The monoisotopic (exact) mass is 338 g/mol. The van der Waals surface area contributed by atoms with Crippen molar-refractivity contribution >= 4 is 5.82 Å². The quantitative estimate of drug-likeness (QED) is 0.900. The summed E-state index contributed by atoms with van der Waals surface area (Å²) in [6, 6.07) is 6.21. The predicted octanol–water partition coefficient (Wildman–Crippen LogP) is 3.15. The fraction of sp³-hybridized carbons (Fsp3) is 0.500. The van der Waals surface area contributed by atoms with Crippen LogP contribution in [0.5, 0.6) is 5.75 Å². The second-order valence-electron chi connectivity index (χ2n) is 7.47. The van der Waals surface area contributed by atoms with E-state index in [0.29, 0.717) is 6.04 Å². The number of aromatic nitrogens is 2. The van der Waals surface area contributed by atoms with Crippen LogP contribution in [0.15, 0.2) is 18.2 Å². The highest BCUT2D eigenvalue weighted by molar-refractivity contribution is 5.73. The Bertz CT molecular complexity index is 790. The van der Waals surface area contributed by atoms with E-state index in [0.717, 1.165) is 48.4 Å². The Balaban J connectivity index is 1.67. The van der Waals surface area contributed by atoms with Gasteiger partial charge in [-0.15, -0.1) is 10.2 Å². The molecule has 1 atom stereocenters. The van der Waals surface area contributed by atoms with Gasteiger partial charge in [0, 0.05) is 23.7 Å². The maximum atomic E-state index is 10.3. The average molecular weight is 338 g/mol. The van der Waals surface area contributed by atoms with Gasteiger partial charge in [-0.25, -0.2) is 0 Å². The van der Waals surface area contributed by atoms with E-state index in [2.05, 4.69) is 27.5 Å². The van der Waals surface area contributed by atoms with Gasteiger partial charge in [0.1, 0.15) is 11.4 Å². The standard InChI is InChI=1S/C20H26N4O/c1-13-8-9-17(18(25)11-13)19-15-6-3-7-16(15)20(23-22-19)21-14-5-4-10-24(2)12-14/h8-9,11,14,25H,3-7,10,12H2,1-2H3,(H,21,23). The van der Waals surface area contributed by atoms with Crippen LogP contribution in [0, 0.1) is 6.92 Å². The first-order valence-corrected chi connectivity index (χ1v) is 9.25. The van der Waals surface area contributed by atoms with Crippen LogP contribution in [-0.2, 0) is 12.8 Å². The molecule has 2 aromatic rings. The molecule has 0 bridgehead atoms. The van der Waals surface area contributed by atoms with Crippen LogP contribution in [-0.4, -0.2) is 46.4 Å². The third kappa shape index (κ3) is 3.21. The molecule has 1 aromatic carbocycles. The van der Waals surface area contributed by atoms with Gasteiger partial charge in [-0.3, -0.25) is 0 Å². The highest BCUT2D eigenvalue weighted by atomic mass is 16.3. The number of aromatic hydroxyl groups is 1. The summed E-state index contributed by atoms with van der Waals surface area (Å²) in [6.45, 7) is 4.21. The Kier molecular flexibility index (Phi) is 4.34. The molecule has 5 nitrogen and oxygen atoms in total. The van der Waals surface area contributed by atoms with Gasteiger partial charge in [-0.2, -0.15) is 0 Å². The lowest BCUT2D eigenvalue weighted by atomic mass is 10.0. The number of aryl methyl sites for hydroxylation is 1. The molecule has 1 fully saturated rings. The SMILES string of the molecule is Cc1ccc(-c2nnc(NC3CCCN(C)C3)c3c2CCC3)c(O)c1. The Morgan fingerprint density at radius 1 is 1.16 bits per heavy atom. The smallest absolute Gasteiger partial charge is 0.152 e. The minimum Gasteiger partial charge on any atom is -0.507 e. The van der Waals surface area contributed by atoms with E-state index in [9.17, 15) is 5.11 Å². The molecule has 2 aliphatic rings. The number of phenolic OH excluding ortho intramolecular Hbond substituents is 1. The van der Waals surface area contributed by atoms with Gasteiger partial charge in [0.25, 0.3) is 0 Å². The summed E-state index contributed by atoms with van der Waals surface area (Å²) in [7, 11) is 2.17. The van der Waals surface area contributed by atoms with Crippen molar-refractivity contribution in [2.45, 2.75) is 45.1 Å². The van der Waals surface area contributed by atoms with Gasteiger partial charge in [-0.05, 0) is 75.9 Å². The zero-order valence-corrected chi connectivity index (χ0v) is 15.0. The van der Waals surface area contributed by atoms with Crippen LogP contribution >= 0.6 is 0 Å². The molecule has 1 aliphatic heterocycles. The van der Waals surface area contributed by atoms with Crippen molar-refractivity contribution in [3.63, 3.8) is 0 Å². The van der Waals surface area contributed by atoms with E-state index in [4.69, 9.17) is 0 Å². The van der Waals surface area contributed by atoms with Crippen molar-refractivity contribution in [1.29, 1.82) is 0 Å². The number of hydrogen-bond donors (Lipinski definition) is 2. The van der Waals surface area contributed by atoms with E-state index < -0.39 is 0 Å². The summed E-state index contributed by atoms with van der Waals surface area (Å²) in [5.41, 5.74) is 5.22. The minimum atomic E-state index is 0.290. The molecule has 0 radical (unpaired) electrons. The molecule has 132 valence electrons. The van der Waals surface area contributed by atoms with Gasteiger partial charge in [0.05, 0.1) is 0 Å². The van der Waals surface area contributed by atoms with E-state index in [1.54, 1.807) is 6.07 Å². The molecule has 2 N–H and O–H groups in total. The van der Waals surface area contributed by atoms with Crippen LogP contribution in [0.4, 0.5) is 5.82 Å². The largest absolute Gasteiger partial charge is 0.507 e. The van der Waals surface area contributed by atoms with E-state index in [1.165, 1.54) is 30.5 Å². The molecule has 0 amide bonds. The molecule has 0 saturated carbocycles. The Labute approximate surface area is 149 Å². The van der Waals surface area contributed by atoms with Crippen molar-refractivity contribution in [3.05, 3.63) is 34.9 Å².